The lowest BCUT2D eigenvalue weighted by atomic mass is 10.1. The van der Waals surface area contributed by atoms with E-state index in [4.69, 9.17) is 4.65 Å². The van der Waals surface area contributed by atoms with Gasteiger partial charge in [-0.2, -0.15) is 26.3 Å². The zero-order valence-electron chi connectivity index (χ0n) is 12.7. The fraction of sp³-hybridized carbons (Fsp3) is 0.200. The van der Waals surface area contributed by atoms with Gasteiger partial charge in [0.05, 0.1) is 11.1 Å². The van der Waals surface area contributed by atoms with Crippen LogP contribution in [0, 0.1) is 6.92 Å². The second-order valence-electron chi connectivity index (χ2n) is 5.05. The Morgan fingerprint density at radius 3 is 1.84 bits per heavy atom. The van der Waals surface area contributed by atoms with Gasteiger partial charge in [0.2, 0.25) is 0 Å². The molecule has 0 aromatic heterocycles. The first-order valence-electron chi connectivity index (χ1n) is 6.83. The number of hydrogen-bond donors (Lipinski definition) is 1. The van der Waals surface area contributed by atoms with Crippen LogP contribution in [0.3, 0.4) is 0 Å². The summed E-state index contributed by atoms with van der Waals surface area (Å²) in [7, 11) is -2.09. The molecule has 0 heterocycles. The van der Waals surface area contributed by atoms with E-state index in [1.54, 1.807) is 25.1 Å². The molecular weight excluding hydrogens is 353 g/mol. The molecule has 0 spiro atoms. The average Bonchev–Trinajstić information content (AvgIpc) is 2.47. The summed E-state index contributed by atoms with van der Waals surface area (Å²) in [6.45, 7) is 1.63. The van der Waals surface area contributed by atoms with Crippen LogP contribution in [0.2, 0.25) is 0 Å². The first kappa shape index (κ1) is 19.0. The van der Waals surface area contributed by atoms with Crippen molar-refractivity contribution in [3.05, 3.63) is 59.2 Å². The Morgan fingerprint density at radius 1 is 0.840 bits per heavy atom. The first-order valence-corrected chi connectivity index (χ1v) is 6.83. The topological polar surface area (TPSA) is 38.7 Å². The van der Waals surface area contributed by atoms with Crippen molar-refractivity contribution in [3.8, 4) is 11.5 Å². The van der Waals surface area contributed by atoms with E-state index in [1.807, 2.05) is 0 Å². The molecule has 10 heteroatoms. The van der Waals surface area contributed by atoms with Crippen LogP contribution < -0.4 is 9.31 Å². The summed E-state index contributed by atoms with van der Waals surface area (Å²) in [6, 6.07) is 6.99. The predicted octanol–water partition coefficient (Wildman–Crippen LogP) is 4.47. The number of rotatable bonds is 4. The van der Waals surface area contributed by atoms with Crippen LogP contribution in [0.1, 0.15) is 16.7 Å². The lowest BCUT2D eigenvalue weighted by molar-refractivity contribution is -0.143. The van der Waals surface area contributed by atoms with Gasteiger partial charge in [0.25, 0.3) is 0 Å². The molecular formula is C15H11BF6O3. The van der Waals surface area contributed by atoms with Crippen molar-refractivity contribution in [1.29, 1.82) is 0 Å². The Bertz CT molecular complexity index is 713. The van der Waals surface area contributed by atoms with Gasteiger partial charge in [-0.1, -0.05) is 18.2 Å². The maximum absolute atomic E-state index is 12.8. The number of aryl methyl sites for hydroxylation is 1. The van der Waals surface area contributed by atoms with Crippen LogP contribution in [0.4, 0.5) is 26.3 Å². The Morgan fingerprint density at radius 2 is 1.36 bits per heavy atom. The molecule has 0 radical (unpaired) electrons. The quantitative estimate of drug-likeness (QED) is 0.643. The fourth-order valence-electron chi connectivity index (χ4n) is 1.93. The van der Waals surface area contributed by atoms with Crippen molar-refractivity contribution in [2.75, 3.05) is 0 Å². The molecule has 0 aliphatic rings. The zero-order valence-corrected chi connectivity index (χ0v) is 12.7. The highest BCUT2D eigenvalue weighted by atomic mass is 19.4. The van der Waals surface area contributed by atoms with Gasteiger partial charge in [-0.05, 0) is 36.8 Å². The lowest BCUT2D eigenvalue weighted by Gasteiger charge is -2.16. The molecule has 2 rings (SSSR count). The van der Waals surface area contributed by atoms with E-state index in [0.29, 0.717) is 17.7 Å². The highest BCUT2D eigenvalue weighted by Crippen LogP contribution is 2.38. The molecule has 0 amide bonds. The van der Waals surface area contributed by atoms with Crippen LogP contribution in [0.15, 0.2) is 42.5 Å². The molecule has 134 valence electrons. The molecule has 0 aliphatic carbocycles. The molecule has 2 aromatic carbocycles. The monoisotopic (exact) mass is 364 g/mol. The highest BCUT2D eigenvalue weighted by molar-refractivity contribution is 6.36. The smallest absolute Gasteiger partial charge is 0.501 e. The Balaban J connectivity index is 2.27. The van der Waals surface area contributed by atoms with Crippen molar-refractivity contribution < 1.29 is 40.7 Å². The van der Waals surface area contributed by atoms with Crippen molar-refractivity contribution in [1.82, 2.24) is 0 Å². The Labute approximate surface area is 139 Å². The summed E-state index contributed by atoms with van der Waals surface area (Å²) in [5.41, 5.74) is -2.52. The molecule has 2 aromatic rings. The predicted molar refractivity (Wildman–Crippen MR) is 76.9 cm³/mol. The maximum Gasteiger partial charge on any atom is 0.785 e. The maximum atomic E-state index is 12.8. The summed E-state index contributed by atoms with van der Waals surface area (Å²) in [6.07, 6.45) is -10.0. The van der Waals surface area contributed by atoms with Crippen LogP contribution in [-0.4, -0.2) is 12.3 Å². The minimum absolute atomic E-state index is 0.0402. The molecule has 0 fully saturated rings. The lowest BCUT2D eigenvalue weighted by Crippen LogP contribution is -2.30. The molecule has 0 bridgehead atoms. The largest absolute Gasteiger partial charge is 0.785 e. The second kappa shape index (κ2) is 6.87. The summed E-state index contributed by atoms with van der Waals surface area (Å²) < 4.78 is 86.2. The van der Waals surface area contributed by atoms with Gasteiger partial charge in [0, 0.05) is 0 Å². The Hall–Kier alpha value is -2.36. The summed E-state index contributed by atoms with van der Waals surface area (Å²) in [5, 5.41) is 9.66. The van der Waals surface area contributed by atoms with E-state index in [9.17, 15) is 31.4 Å². The van der Waals surface area contributed by atoms with E-state index < -0.39 is 36.6 Å². The molecule has 3 nitrogen and oxygen atoms in total. The second-order valence-corrected chi connectivity index (χ2v) is 5.05. The van der Waals surface area contributed by atoms with E-state index >= 15 is 0 Å². The van der Waals surface area contributed by atoms with Crippen molar-refractivity contribution >= 4 is 7.32 Å². The van der Waals surface area contributed by atoms with Crippen molar-refractivity contribution in [2.45, 2.75) is 19.3 Å². The van der Waals surface area contributed by atoms with Crippen LogP contribution in [0.5, 0.6) is 11.5 Å². The number of para-hydroxylation sites is 1. The van der Waals surface area contributed by atoms with Crippen LogP contribution >= 0.6 is 0 Å². The molecule has 1 N–H and O–H groups in total. The third-order valence-corrected chi connectivity index (χ3v) is 3.12. The van der Waals surface area contributed by atoms with Gasteiger partial charge in [-0.25, -0.2) is 0 Å². The van der Waals surface area contributed by atoms with Crippen LogP contribution in [-0.2, 0) is 12.4 Å². The molecule has 0 aliphatic heterocycles. The van der Waals surface area contributed by atoms with Crippen LogP contribution in [0.25, 0.3) is 0 Å². The van der Waals surface area contributed by atoms with Gasteiger partial charge >= 0.3 is 19.7 Å². The minimum atomic E-state index is -5.01. The van der Waals surface area contributed by atoms with E-state index in [1.165, 1.54) is 6.07 Å². The molecule has 0 unspecified atom stereocenters. The molecule has 25 heavy (non-hydrogen) atoms. The van der Waals surface area contributed by atoms with Crippen molar-refractivity contribution in [2.24, 2.45) is 0 Å². The Kier molecular flexibility index (Phi) is 5.21. The average molecular weight is 364 g/mol. The molecule has 0 saturated carbocycles. The summed E-state index contributed by atoms with van der Waals surface area (Å²) >= 11 is 0. The summed E-state index contributed by atoms with van der Waals surface area (Å²) in [5.74, 6) is -0.666. The van der Waals surface area contributed by atoms with Gasteiger partial charge in [0.1, 0.15) is 11.5 Å². The third kappa shape index (κ3) is 5.06. The number of hydrogen-bond acceptors (Lipinski definition) is 3. The number of alkyl halides is 6. The summed E-state index contributed by atoms with van der Waals surface area (Å²) in [4.78, 5) is 0. The van der Waals surface area contributed by atoms with E-state index in [-0.39, 0.29) is 11.8 Å². The zero-order chi connectivity index (χ0) is 18.8. The van der Waals surface area contributed by atoms with E-state index in [0.717, 1.165) is 0 Å². The number of benzene rings is 2. The first-order chi connectivity index (χ1) is 11.5. The van der Waals surface area contributed by atoms with Gasteiger partial charge in [-0.15, -0.1) is 0 Å². The number of halogens is 6. The van der Waals surface area contributed by atoms with Crippen molar-refractivity contribution in [3.63, 3.8) is 0 Å². The highest BCUT2D eigenvalue weighted by Gasteiger charge is 2.37. The minimum Gasteiger partial charge on any atom is -0.501 e. The van der Waals surface area contributed by atoms with Gasteiger partial charge < -0.3 is 14.3 Å². The fourth-order valence-corrected chi connectivity index (χ4v) is 1.93. The standard InChI is InChI=1S/C15H11BF6O3/c1-9-4-2-3-5-13(9)25-16(23)24-12-7-10(14(17,18)19)6-11(8-12)15(20,21)22/h2-8,23H,1H3. The normalized spacial score (nSPS) is 12.0. The molecule has 0 saturated heterocycles. The third-order valence-electron chi connectivity index (χ3n) is 3.12. The van der Waals surface area contributed by atoms with Gasteiger partial charge in [-0.3, -0.25) is 0 Å². The SMILES string of the molecule is Cc1ccccc1OB(O)Oc1cc(C(F)(F)F)cc(C(F)(F)F)c1. The van der Waals surface area contributed by atoms with Gasteiger partial charge in [0.15, 0.2) is 0 Å². The molecule has 0 atom stereocenters. The van der Waals surface area contributed by atoms with E-state index in [2.05, 4.69) is 4.65 Å².